The maximum absolute atomic E-state index is 7.16. The topological polar surface area (TPSA) is 52.8 Å². The molecular weight excluding hydrogens is 496 g/mol. The summed E-state index contributed by atoms with van der Waals surface area (Å²) in [6.45, 7) is 15.5. The van der Waals surface area contributed by atoms with E-state index in [1.165, 1.54) is 11.1 Å². The summed E-state index contributed by atoms with van der Waals surface area (Å²) < 4.78 is 31.2. The molecule has 2 aromatic rings. The highest BCUT2D eigenvalue weighted by atomic mass is 28.4. The largest absolute Gasteiger partial charge is 0.491 e. The molecule has 4 atom stereocenters. The first-order valence-corrected chi connectivity index (χ1v) is 20.1. The van der Waals surface area contributed by atoms with E-state index in [2.05, 4.69) is 88.6 Å². The van der Waals surface area contributed by atoms with Gasteiger partial charge in [-0.25, -0.2) is 0 Å². The van der Waals surface area contributed by atoms with Gasteiger partial charge in [0.25, 0.3) is 0 Å². The zero-order valence-electron chi connectivity index (χ0n) is 23.6. The van der Waals surface area contributed by atoms with Crippen molar-refractivity contribution in [3.8, 4) is 11.5 Å². The fourth-order valence-electron chi connectivity index (χ4n) is 5.06. The molecule has 0 aromatic heterocycles. The molecule has 37 heavy (non-hydrogen) atoms. The Kier molecular flexibility index (Phi) is 9.56. The van der Waals surface area contributed by atoms with Gasteiger partial charge in [0.15, 0.2) is 0 Å². The highest BCUT2D eigenvalue weighted by Crippen LogP contribution is 2.30. The van der Waals surface area contributed by atoms with E-state index in [9.17, 15) is 0 Å². The number of hydrogen-bond acceptors (Lipinski definition) is 5. The summed E-state index contributed by atoms with van der Waals surface area (Å²) in [5.74, 6) is 1.86. The number of benzene rings is 2. The summed E-state index contributed by atoms with van der Waals surface area (Å²) in [6, 6.07) is 17.1. The van der Waals surface area contributed by atoms with Crippen LogP contribution in [-0.2, 0) is 26.4 Å². The minimum atomic E-state index is -2.21. The van der Waals surface area contributed by atoms with Gasteiger partial charge in [-0.3, -0.25) is 0 Å². The molecule has 0 saturated carbocycles. The predicted octanol–water partition coefficient (Wildman–Crippen LogP) is 6.87. The standard InChI is InChI=1S/C30H46O5Si2/c1-7-9-29(33-25-15-11-23(12-16-25)19-27-21-31-27)36(3,4)35-37(5,6)30(10-8-2)34-26-17-13-24(14-18-26)20-28-22-32-28/h11-18,27-30H,7-10,19-22H2,1-6H3. The molecule has 4 rings (SSSR count). The zero-order valence-corrected chi connectivity index (χ0v) is 25.6. The quantitative estimate of drug-likeness (QED) is 0.171. The lowest BCUT2D eigenvalue weighted by Gasteiger charge is -2.42. The summed E-state index contributed by atoms with van der Waals surface area (Å²) in [6.07, 6.45) is 6.89. The first-order chi connectivity index (χ1) is 17.7. The molecule has 0 N–H and O–H groups in total. The van der Waals surface area contributed by atoms with Crippen LogP contribution >= 0.6 is 0 Å². The highest BCUT2D eigenvalue weighted by Gasteiger charge is 2.45. The van der Waals surface area contributed by atoms with Gasteiger partial charge in [0.1, 0.15) is 23.0 Å². The minimum absolute atomic E-state index is 0.0908. The fraction of sp³-hybridized carbons (Fsp3) is 0.600. The third-order valence-electron chi connectivity index (χ3n) is 7.31. The lowest BCUT2D eigenvalue weighted by molar-refractivity contribution is 0.216. The Morgan fingerprint density at radius 2 is 1.03 bits per heavy atom. The van der Waals surface area contributed by atoms with Gasteiger partial charge in [0.2, 0.25) is 16.6 Å². The Bertz CT molecular complexity index is 889. The van der Waals surface area contributed by atoms with E-state index in [1.807, 2.05) is 0 Å². The molecule has 2 heterocycles. The summed E-state index contributed by atoms with van der Waals surface area (Å²) >= 11 is 0. The molecule has 4 unspecified atom stereocenters. The molecule has 2 fully saturated rings. The van der Waals surface area contributed by atoms with Crippen molar-refractivity contribution < 1.29 is 23.1 Å². The number of hydrogen-bond donors (Lipinski definition) is 0. The van der Waals surface area contributed by atoms with Gasteiger partial charge in [-0.1, -0.05) is 51.0 Å². The van der Waals surface area contributed by atoms with E-state index in [-0.39, 0.29) is 11.5 Å². The van der Waals surface area contributed by atoms with Crippen molar-refractivity contribution in [2.75, 3.05) is 13.2 Å². The van der Waals surface area contributed by atoms with E-state index in [4.69, 9.17) is 23.1 Å². The second kappa shape index (κ2) is 12.5. The Balaban J connectivity index is 1.41. The normalized spacial score (nSPS) is 20.8. The maximum atomic E-state index is 7.16. The first-order valence-electron chi connectivity index (χ1n) is 14.1. The monoisotopic (exact) mass is 542 g/mol. The fourth-order valence-corrected chi connectivity index (χ4v) is 14.3. The van der Waals surface area contributed by atoms with Crippen LogP contribution in [-0.4, -0.2) is 53.5 Å². The molecule has 0 radical (unpaired) electrons. The molecule has 0 spiro atoms. The summed E-state index contributed by atoms with van der Waals surface area (Å²) in [4.78, 5) is 0. The van der Waals surface area contributed by atoms with Crippen LogP contribution in [0.1, 0.15) is 50.7 Å². The summed E-state index contributed by atoms with van der Waals surface area (Å²) in [5.41, 5.74) is 2.79. The average Bonchev–Trinajstić information content (AvgIpc) is 3.78. The van der Waals surface area contributed by atoms with Crippen molar-refractivity contribution in [2.45, 2.75) is 102 Å². The van der Waals surface area contributed by atoms with Gasteiger partial charge >= 0.3 is 0 Å². The van der Waals surface area contributed by atoms with Crippen molar-refractivity contribution in [1.29, 1.82) is 0 Å². The molecule has 5 nitrogen and oxygen atoms in total. The maximum Gasteiger partial charge on any atom is 0.217 e. The van der Waals surface area contributed by atoms with Crippen LogP contribution in [0.25, 0.3) is 0 Å². The number of rotatable bonds is 16. The lowest BCUT2D eigenvalue weighted by Crippen LogP contribution is -2.60. The van der Waals surface area contributed by atoms with Crippen LogP contribution in [0, 0.1) is 0 Å². The highest BCUT2D eigenvalue weighted by molar-refractivity contribution is 6.86. The van der Waals surface area contributed by atoms with Gasteiger partial charge < -0.3 is 23.1 Å². The summed E-state index contributed by atoms with van der Waals surface area (Å²) in [7, 11) is -4.41. The predicted molar refractivity (Wildman–Crippen MR) is 154 cm³/mol. The van der Waals surface area contributed by atoms with E-state index >= 15 is 0 Å². The van der Waals surface area contributed by atoms with Gasteiger partial charge in [0, 0.05) is 12.8 Å². The van der Waals surface area contributed by atoms with Crippen molar-refractivity contribution in [3.63, 3.8) is 0 Å². The van der Waals surface area contributed by atoms with Crippen LogP contribution in [0.2, 0.25) is 26.2 Å². The average molecular weight is 543 g/mol. The van der Waals surface area contributed by atoms with Crippen LogP contribution < -0.4 is 9.47 Å². The van der Waals surface area contributed by atoms with Crippen LogP contribution in [0.4, 0.5) is 0 Å². The molecule has 2 aliphatic rings. The third kappa shape index (κ3) is 8.68. The Morgan fingerprint density at radius 3 is 1.32 bits per heavy atom. The van der Waals surface area contributed by atoms with E-state index in [0.29, 0.717) is 12.2 Å². The van der Waals surface area contributed by atoms with Crippen molar-refractivity contribution in [2.24, 2.45) is 0 Å². The van der Waals surface area contributed by atoms with Crippen molar-refractivity contribution in [3.05, 3.63) is 59.7 Å². The molecule has 0 bridgehead atoms. The van der Waals surface area contributed by atoms with Crippen LogP contribution in [0.15, 0.2) is 48.5 Å². The molecule has 204 valence electrons. The number of ether oxygens (including phenoxy) is 4. The van der Waals surface area contributed by atoms with E-state index in [1.54, 1.807) is 0 Å². The minimum Gasteiger partial charge on any atom is -0.491 e. The number of epoxide rings is 2. The van der Waals surface area contributed by atoms with Gasteiger partial charge in [-0.05, 0) is 74.4 Å². The molecule has 0 amide bonds. The van der Waals surface area contributed by atoms with Crippen molar-refractivity contribution in [1.82, 2.24) is 0 Å². The second-order valence-electron chi connectivity index (χ2n) is 11.7. The Morgan fingerprint density at radius 1 is 0.676 bits per heavy atom. The lowest BCUT2D eigenvalue weighted by atomic mass is 10.1. The smallest absolute Gasteiger partial charge is 0.217 e. The molecule has 2 aliphatic heterocycles. The van der Waals surface area contributed by atoms with Crippen molar-refractivity contribution >= 4 is 16.6 Å². The zero-order chi connectivity index (χ0) is 26.5. The Hall–Kier alpha value is -1.65. The first kappa shape index (κ1) is 28.4. The third-order valence-corrected chi connectivity index (χ3v) is 15.4. The SMILES string of the molecule is CCCC(Oc1ccc(CC2CO2)cc1)[Si](C)(C)O[Si](C)(C)C(CCC)Oc1ccc(CC2CO2)cc1. The van der Waals surface area contributed by atoms with Gasteiger partial charge in [-0.15, -0.1) is 0 Å². The van der Waals surface area contributed by atoms with Gasteiger partial charge in [0.05, 0.1) is 25.4 Å². The molecule has 7 heteroatoms. The molecule has 0 aliphatic carbocycles. The van der Waals surface area contributed by atoms with Crippen LogP contribution in [0.3, 0.4) is 0 Å². The van der Waals surface area contributed by atoms with E-state index in [0.717, 1.165) is 63.2 Å². The molecule has 2 aromatic carbocycles. The second-order valence-corrected chi connectivity index (χ2v) is 20.2. The summed E-state index contributed by atoms with van der Waals surface area (Å²) in [5, 5.41) is 0. The Labute approximate surface area is 226 Å². The molecule has 2 saturated heterocycles. The molecular formula is C30H46O5Si2. The van der Waals surface area contributed by atoms with Gasteiger partial charge in [-0.2, -0.15) is 0 Å². The van der Waals surface area contributed by atoms with E-state index < -0.39 is 16.6 Å². The van der Waals surface area contributed by atoms with Crippen LogP contribution in [0.5, 0.6) is 11.5 Å².